The van der Waals surface area contributed by atoms with E-state index in [-0.39, 0.29) is 17.2 Å². The Labute approximate surface area is 149 Å². The first-order chi connectivity index (χ1) is 12.4. The summed E-state index contributed by atoms with van der Waals surface area (Å²) < 4.78 is 39.5. The molecule has 1 aliphatic heterocycles. The third kappa shape index (κ3) is 5.06. The molecule has 8 heteroatoms. The molecular weight excluding hydrogens is 348 g/mol. The molecule has 1 saturated carbocycles. The second-order valence-electron chi connectivity index (χ2n) is 6.58. The molecule has 0 atom stereocenters. The highest BCUT2D eigenvalue weighted by Crippen LogP contribution is 2.42. The van der Waals surface area contributed by atoms with Crippen molar-refractivity contribution in [3.63, 3.8) is 0 Å². The van der Waals surface area contributed by atoms with Gasteiger partial charge in [-0.2, -0.15) is 0 Å². The van der Waals surface area contributed by atoms with Crippen molar-refractivity contribution >= 4 is 17.6 Å². The van der Waals surface area contributed by atoms with Crippen LogP contribution in [0.25, 0.3) is 0 Å². The number of fused-ring (bicyclic) bond motifs is 1. The molecule has 1 fully saturated rings. The van der Waals surface area contributed by atoms with E-state index in [1.807, 2.05) is 0 Å². The average molecular weight is 369 g/mol. The molecule has 1 heterocycles. The van der Waals surface area contributed by atoms with Crippen molar-refractivity contribution in [2.24, 2.45) is 5.92 Å². The lowest BCUT2D eigenvalue weighted by Gasteiger charge is -2.20. The summed E-state index contributed by atoms with van der Waals surface area (Å²) in [7, 11) is 0. The number of carbonyl (C=O) groups is 2. The molecule has 2 aliphatic rings. The first-order valence-corrected chi connectivity index (χ1v) is 8.77. The van der Waals surface area contributed by atoms with Crippen LogP contribution in [0.3, 0.4) is 0 Å². The van der Waals surface area contributed by atoms with Crippen LogP contribution < -0.4 is 14.8 Å². The number of carbonyl (C=O) groups excluding carboxylic acids is 2. The molecular formula is C18H21F2NO5. The number of amides is 1. The Kier molecular flexibility index (Phi) is 5.58. The molecule has 0 bridgehead atoms. The third-order valence-corrected chi connectivity index (χ3v) is 4.53. The van der Waals surface area contributed by atoms with Crippen LogP contribution in [0.5, 0.6) is 11.5 Å². The van der Waals surface area contributed by atoms with Gasteiger partial charge in [0.25, 0.3) is 5.91 Å². The number of ether oxygens (including phenoxy) is 3. The average Bonchev–Trinajstić information content (AvgIpc) is 2.92. The van der Waals surface area contributed by atoms with E-state index in [0.717, 1.165) is 19.3 Å². The summed E-state index contributed by atoms with van der Waals surface area (Å²) in [6, 6.07) is 3.88. The van der Waals surface area contributed by atoms with Gasteiger partial charge in [-0.1, -0.05) is 32.1 Å². The van der Waals surface area contributed by atoms with Crippen LogP contribution >= 0.6 is 0 Å². The first kappa shape index (κ1) is 18.4. The van der Waals surface area contributed by atoms with Crippen molar-refractivity contribution in [2.75, 3.05) is 11.9 Å². The topological polar surface area (TPSA) is 73.9 Å². The molecule has 0 radical (unpaired) electrons. The zero-order chi connectivity index (χ0) is 18.6. The molecule has 0 saturated heterocycles. The maximum Gasteiger partial charge on any atom is 0.586 e. The van der Waals surface area contributed by atoms with Gasteiger partial charge >= 0.3 is 12.3 Å². The van der Waals surface area contributed by atoms with Crippen LogP contribution in [0.4, 0.5) is 14.5 Å². The lowest BCUT2D eigenvalue weighted by Crippen LogP contribution is -2.25. The van der Waals surface area contributed by atoms with E-state index in [0.29, 0.717) is 12.3 Å². The monoisotopic (exact) mass is 369 g/mol. The van der Waals surface area contributed by atoms with Crippen molar-refractivity contribution in [3.8, 4) is 11.5 Å². The van der Waals surface area contributed by atoms with Crippen molar-refractivity contribution in [1.82, 2.24) is 0 Å². The predicted molar refractivity (Wildman–Crippen MR) is 88.0 cm³/mol. The summed E-state index contributed by atoms with van der Waals surface area (Å²) in [5, 5.41) is 2.46. The van der Waals surface area contributed by atoms with E-state index in [9.17, 15) is 18.4 Å². The lowest BCUT2D eigenvalue weighted by molar-refractivity contribution is -0.286. The molecule has 1 amide bonds. The number of hydrogen-bond acceptors (Lipinski definition) is 5. The zero-order valence-corrected chi connectivity index (χ0v) is 14.3. The molecule has 0 aromatic heterocycles. The largest absolute Gasteiger partial charge is 0.586 e. The van der Waals surface area contributed by atoms with Gasteiger partial charge in [-0.25, -0.2) is 0 Å². The maximum atomic E-state index is 13.0. The second kappa shape index (κ2) is 7.88. The minimum Gasteiger partial charge on any atom is -0.456 e. The highest BCUT2D eigenvalue weighted by atomic mass is 19.3. The fraction of sp³-hybridized carbons (Fsp3) is 0.556. The van der Waals surface area contributed by atoms with Gasteiger partial charge in [0, 0.05) is 18.2 Å². The molecule has 1 N–H and O–H groups in total. The SMILES string of the molecule is O=C(COC(=O)CCC1CCCCC1)Nc1ccc2c(c1)OC(F)(F)O2. The Bertz CT molecular complexity index is 674. The quantitative estimate of drug-likeness (QED) is 0.771. The van der Waals surface area contributed by atoms with Gasteiger partial charge in [-0.3, -0.25) is 9.59 Å². The Balaban J connectivity index is 1.39. The Morgan fingerprint density at radius 3 is 2.65 bits per heavy atom. The minimum absolute atomic E-state index is 0.109. The van der Waals surface area contributed by atoms with Gasteiger partial charge in [-0.15, -0.1) is 8.78 Å². The van der Waals surface area contributed by atoms with E-state index in [4.69, 9.17) is 4.74 Å². The zero-order valence-electron chi connectivity index (χ0n) is 14.3. The fourth-order valence-electron chi connectivity index (χ4n) is 3.24. The Hall–Kier alpha value is -2.38. The van der Waals surface area contributed by atoms with Gasteiger partial charge in [0.05, 0.1) is 0 Å². The molecule has 26 heavy (non-hydrogen) atoms. The summed E-state index contributed by atoms with van der Waals surface area (Å²) in [6.45, 7) is -0.423. The molecule has 1 aromatic carbocycles. The van der Waals surface area contributed by atoms with Crippen LogP contribution in [0.15, 0.2) is 18.2 Å². The minimum atomic E-state index is -3.71. The van der Waals surface area contributed by atoms with Crippen LogP contribution in [-0.4, -0.2) is 24.8 Å². The van der Waals surface area contributed by atoms with Crippen LogP contribution in [-0.2, 0) is 14.3 Å². The van der Waals surface area contributed by atoms with Crippen molar-refractivity contribution in [2.45, 2.75) is 51.2 Å². The summed E-state index contributed by atoms with van der Waals surface area (Å²) in [4.78, 5) is 23.6. The van der Waals surface area contributed by atoms with Gasteiger partial charge in [0.2, 0.25) is 0 Å². The lowest BCUT2D eigenvalue weighted by atomic mass is 9.86. The van der Waals surface area contributed by atoms with Crippen LogP contribution in [0.2, 0.25) is 0 Å². The summed E-state index contributed by atoms with van der Waals surface area (Å²) in [6.07, 6.45) is 3.37. The number of halogens is 2. The molecule has 6 nitrogen and oxygen atoms in total. The number of hydrogen-bond donors (Lipinski definition) is 1. The standard InChI is InChI=1S/C18H21F2NO5/c19-18(20)25-14-8-7-13(10-15(14)26-18)21-16(22)11-24-17(23)9-6-12-4-2-1-3-5-12/h7-8,10,12H,1-6,9,11H2,(H,21,22). The molecule has 3 rings (SSSR count). The predicted octanol–water partition coefficient (Wildman–Crippen LogP) is 3.85. The van der Waals surface area contributed by atoms with E-state index >= 15 is 0 Å². The molecule has 1 aromatic rings. The summed E-state index contributed by atoms with van der Waals surface area (Å²) >= 11 is 0. The van der Waals surface area contributed by atoms with Crippen LogP contribution in [0.1, 0.15) is 44.9 Å². The van der Waals surface area contributed by atoms with E-state index in [1.54, 1.807) is 0 Å². The summed E-state index contributed by atoms with van der Waals surface area (Å²) in [5.74, 6) is -0.672. The van der Waals surface area contributed by atoms with Gasteiger partial charge in [0.15, 0.2) is 18.1 Å². The molecule has 0 spiro atoms. The smallest absolute Gasteiger partial charge is 0.456 e. The number of rotatable bonds is 6. The highest BCUT2D eigenvalue weighted by Gasteiger charge is 2.43. The van der Waals surface area contributed by atoms with Crippen molar-refractivity contribution < 1.29 is 32.6 Å². The number of esters is 1. The highest BCUT2D eigenvalue weighted by molar-refractivity contribution is 5.93. The molecule has 142 valence electrons. The van der Waals surface area contributed by atoms with E-state index < -0.39 is 24.8 Å². The molecule has 1 aliphatic carbocycles. The number of alkyl halides is 2. The second-order valence-corrected chi connectivity index (χ2v) is 6.58. The third-order valence-electron chi connectivity index (χ3n) is 4.53. The maximum absolute atomic E-state index is 13.0. The first-order valence-electron chi connectivity index (χ1n) is 8.77. The number of benzene rings is 1. The number of anilines is 1. The van der Waals surface area contributed by atoms with Crippen molar-refractivity contribution in [3.05, 3.63) is 18.2 Å². The van der Waals surface area contributed by atoms with Gasteiger partial charge in [-0.05, 0) is 24.5 Å². The van der Waals surface area contributed by atoms with Crippen LogP contribution in [0, 0.1) is 5.92 Å². The van der Waals surface area contributed by atoms with Gasteiger partial charge in [0.1, 0.15) is 0 Å². The van der Waals surface area contributed by atoms with E-state index in [2.05, 4.69) is 14.8 Å². The summed E-state index contributed by atoms with van der Waals surface area (Å²) in [5.41, 5.74) is 0.244. The Morgan fingerprint density at radius 1 is 1.15 bits per heavy atom. The normalized spacial score (nSPS) is 18.4. The van der Waals surface area contributed by atoms with Crippen molar-refractivity contribution in [1.29, 1.82) is 0 Å². The molecule has 0 unspecified atom stereocenters. The fourth-order valence-corrected chi connectivity index (χ4v) is 3.24. The van der Waals surface area contributed by atoms with Gasteiger partial charge < -0.3 is 19.5 Å². The van der Waals surface area contributed by atoms with E-state index in [1.165, 1.54) is 37.5 Å². The number of nitrogens with one attached hydrogen (secondary N) is 1. The Morgan fingerprint density at radius 2 is 1.88 bits per heavy atom.